The number of sulfone groups is 1. The van der Waals surface area contributed by atoms with Gasteiger partial charge in [-0.15, -0.1) is 0 Å². The van der Waals surface area contributed by atoms with E-state index >= 15 is 0 Å². The lowest BCUT2D eigenvalue weighted by Crippen LogP contribution is -2.54. The first-order valence-electron chi connectivity index (χ1n) is 18.2. The van der Waals surface area contributed by atoms with E-state index in [0.29, 0.717) is 43.5 Å². The second-order valence-corrected chi connectivity index (χ2v) is 16.1. The smallest absolute Gasteiger partial charge is 0.262 e. The SMILES string of the molecule is CS(=O)(=O)c1ccc(-c2ccc3cc(O)ccc3c2Oc2ccc(OCCN3CCN(c4ccc5c(c4)C(=O)N(C4CCC(=O)NC4=O)C5=O)CC3)cc2)cc1. The molecule has 2 N–H and O–H groups in total. The van der Waals surface area contributed by atoms with Crippen molar-refractivity contribution < 1.29 is 42.2 Å². The van der Waals surface area contributed by atoms with E-state index < -0.39 is 39.5 Å². The zero-order valence-electron chi connectivity index (χ0n) is 30.4. The normalized spacial score (nSPS) is 17.6. The number of aromatic hydroxyl groups is 1. The van der Waals surface area contributed by atoms with Crippen molar-refractivity contribution in [1.29, 1.82) is 0 Å². The standard InChI is InChI=1S/C42H38N4O9S/c1-56(52,53)32-11-2-26(3-12-32)33-13-4-27-24-29(47)6-15-34(27)39(33)55-31-9-7-30(8-10-31)54-23-22-44-18-20-45(21-19-44)28-5-14-35-36(25-28)42(51)46(41(35)50)37-16-17-38(48)43-40(37)49/h2-15,24-25,37,47H,16-23H2,1H3,(H,43,48,49). The molecule has 0 bridgehead atoms. The fourth-order valence-corrected chi connectivity index (χ4v) is 8.04. The molecule has 4 amide bonds. The molecule has 5 aromatic carbocycles. The average molecular weight is 775 g/mol. The maximum absolute atomic E-state index is 13.3. The highest BCUT2D eigenvalue weighted by Crippen LogP contribution is 2.41. The Kier molecular flexibility index (Phi) is 9.68. The lowest BCUT2D eigenvalue weighted by Gasteiger charge is -2.36. The molecule has 1 unspecified atom stereocenters. The molecule has 0 aliphatic carbocycles. The number of benzene rings is 5. The highest BCUT2D eigenvalue weighted by molar-refractivity contribution is 7.90. The Balaban J connectivity index is 0.867. The van der Waals surface area contributed by atoms with E-state index in [1.807, 2.05) is 42.5 Å². The van der Waals surface area contributed by atoms with Gasteiger partial charge in [0.1, 0.15) is 35.6 Å². The maximum atomic E-state index is 13.3. The van der Waals surface area contributed by atoms with Gasteiger partial charge in [0, 0.05) is 62.0 Å². The van der Waals surface area contributed by atoms with Crippen LogP contribution >= 0.6 is 0 Å². The van der Waals surface area contributed by atoms with Crippen LogP contribution in [-0.2, 0) is 19.4 Å². The summed E-state index contributed by atoms with van der Waals surface area (Å²) in [6, 6.07) is 27.0. The van der Waals surface area contributed by atoms with Crippen molar-refractivity contribution in [2.45, 2.75) is 23.8 Å². The van der Waals surface area contributed by atoms with Crippen LogP contribution < -0.4 is 19.7 Å². The Labute approximate surface area is 322 Å². The van der Waals surface area contributed by atoms with Crippen LogP contribution in [0.15, 0.2) is 102 Å². The number of carbonyl (C=O) groups is 4. The van der Waals surface area contributed by atoms with Gasteiger partial charge in [-0.25, -0.2) is 8.42 Å². The molecule has 0 spiro atoms. The van der Waals surface area contributed by atoms with Gasteiger partial charge < -0.3 is 19.5 Å². The Morgan fingerprint density at radius 2 is 1.46 bits per heavy atom. The highest BCUT2D eigenvalue weighted by Gasteiger charge is 2.44. The number of nitrogens with zero attached hydrogens (tertiary/aromatic N) is 3. The Hall–Kier alpha value is -6.25. The second-order valence-electron chi connectivity index (χ2n) is 14.1. The number of imide groups is 2. The summed E-state index contributed by atoms with van der Waals surface area (Å²) in [7, 11) is -3.35. The number of rotatable bonds is 10. The number of nitrogens with one attached hydrogen (secondary N) is 1. The summed E-state index contributed by atoms with van der Waals surface area (Å²) < 4.78 is 36.6. The Bertz CT molecular complexity index is 2500. The number of piperidine rings is 1. The van der Waals surface area contributed by atoms with Crippen LogP contribution in [0.3, 0.4) is 0 Å². The minimum absolute atomic E-state index is 0.0722. The van der Waals surface area contributed by atoms with Crippen LogP contribution in [0.4, 0.5) is 5.69 Å². The molecule has 3 aliphatic heterocycles. The number of carbonyl (C=O) groups excluding carboxylic acids is 4. The molecule has 56 heavy (non-hydrogen) atoms. The number of hydrogen-bond donors (Lipinski definition) is 2. The zero-order chi connectivity index (χ0) is 39.1. The average Bonchev–Trinajstić information content (AvgIpc) is 3.43. The first-order valence-corrected chi connectivity index (χ1v) is 20.1. The molecule has 2 fully saturated rings. The van der Waals surface area contributed by atoms with E-state index in [9.17, 15) is 32.7 Å². The predicted octanol–water partition coefficient (Wildman–Crippen LogP) is 5.01. The van der Waals surface area contributed by atoms with Crippen molar-refractivity contribution in [3.05, 3.63) is 108 Å². The van der Waals surface area contributed by atoms with Crippen LogP contribution in [0, 0.1) is 0 Å². The van der Waals surface area contributed by atoms with Crippen LogP contribution in [0.1, 0.15) is 33.6 Å². The zero-order valence-corrected chi connectivity index (χ0v) is 31.3. The number of hydrogen-bond acceptors (Lipinski definition) is 11. The summed E-state index contributed by atoms with van der Waals surface area (Å²) >= 11 is 0. The van der Waals surface area contributed by atoms with Crippen molar-refractivity contribution in [3.63, 3.8) is 0 Å². The van der Waals surface area contributed by atoms with E-state index in [-0.39, 0.29) is 34.6 Å². The van der Waals surface area contributed by atoms with Crippen LogP contribution in [0.2, 0.25) is 0 Å². The molecule has 3 heterocycles. The molecule has 0 aromatic heterocycles. The molecule has 0 saturated carbocycles. The first kappa shape index (κ1) is 36.7. The summed E-state index contributed by atoms with van der Waals surface area (Å²) in [4.78, 5) is 56.0. The van der Waals surface area contributed by atoms with Gasteiger partial charge in [0.25, 0.3) is 11.8 Å². The largest absolute Gasteiger partial charge is 0.508 e. The van der Waals surface area contributed by atoms with Crippen molar-refractivity contribution in [3.8, 4) is 34.1 Å². The number of phenols is 1. The molecule has 13 nitrogen and oxygen atoms in total. The molecule has 14 heteroatoms. The monoisotopic (exact) mass is 774 g/mol. The summed E-state index contributed by atoms with van der Waals surface area (Å²) in [5.41, 5.74) is 2.90. The number of amides is 4. The minimum atomic E-state index is -3.35. The van der Waals surface area contributed by atoms with Gasteiger partial charge in [-0.2, -0.15) is 0 Å². The molecule has 2 saturated heterocycles. The summed E-state index contributed by atoms with van der Waals surface area (Å²) in [6.45, 7) is 4.12. The van der Waals surface area contributed by atoms with E-state index in [4.69, 9.17) is 9.47 Å². The highest BCUT2D eigenvalue weighted by atomic mass is 32.2. The minimum Gasteiger partial charge on any atom is -0.508 e. The molecule has 1 atom stereocenters. The molecular weight excluding hydrogens is 737 g/mol. The van der Waals surface area contributed by atoms with E-state index in [1.165, 1.54) is 6.26 Å². The van der Waals surface area contributed by atoms with Crippen molar-refractivity contribution in [2.75, 3.05) is 50.5 Å². The summed E-state index contributed by atoms with van der Waals surface area (Å²) in [5.74, 6) is -0.123. The van der Waals surface area contributed by atoms with Gasteiger partial charge >= 0.3 is 0 Å². The Morgan fingerprint density at radius 3 is 2.18 bits per heavy atom. The summed E-state index contributed by atoms with van der Waals surface area (Å²) in [5, 5.41) is 13.9. The topological polar surface area (TPSA) is 163 Å². The van der Waals surface area contributed by atoms with Gasteiger partial charge in [0.15, 0.2) is 9.84 Å². The predicted molar refractivity (Wildman–Crippen MR) is 208 cm³/mol. The van der Waals surface area contributed by atoms with E-state index in [0.717, 1.165) is 45.6 Å². The third kappa shape index (κ3) is 7.28. The third-order valence-electron chi connectivity index (χ3n) is 10.4. The quantitative estimate of drug-likeness (QED) is 0.184. The van der Waals surface area contributed by atoms with Crippen molar-refractivity contribution in [1.82, 2.24) is 15.1 Å². The van der Waals surface area contributed by atoms with Gasteiger partial charge in [-0.05, 0) is 96.2 Å². The second kappa shape index (κ2) is 14.8. The summed E-state index contributed by atoms with van der Waals surface area (Å²) in [6.07, 6.45) is 1.36. The molecule has 286 valence electrons. The van der Waals surface area contributed by atoms with E-state index in [1.54, 1.807) is 54.6 Å². The van der Waals surface area contributed by atoms with E-state index in [2.05, 4.69) is 15.1 Å². The molecular formula is C42H38N4O9S. The lowest BCUT2D eigenvalue weighted by molar-refractivity contribution is -0.136. The fourth-order valence-electron chi connectivity index (χ4n) is 7.41. The van der Waals surface area contributed by atoms with Gasteiger partial charge in [0.05, 0.1) is 16.0 Å². The third-order valence-corrected chi connectivity index (χ3v) is 11.6. The van der Waals surface area contributed by atoms with Crippen molar-refractivity contribution >= 4 is 49.9 Å². The molecule has 0 radical (unpaired) electrons. The number of piperazine rings is 1. The number of fused-ring (bicyclic) bond motifs is 2. The van der Waals surface area contributed by atoms with Gasteiger partial charge in [-0.3, -0.25) is 34.3 Å². The molecule has 5 aromatic rings. The number of anilines is 1. The first-order chi connectivity index (χ1) is 26.9. The number of ether oxygens (including phenoxy) is 2. The number of phenolic OH excluding ortho intramolecular Hbond substituents is 1. The van der Waals surface area contributed by atoms with Crippen LogP contribution in [0.5, 0.6) is 23.0 Å². The van der Waals surface area contributed by atoms with Crippen LogP contribution in [0.25, 0.3) is 21.9 Å². The van der Waals surface area contributed by atoms with Gasteiger partial charge in [-0.1, -0.05) is 18.2 Å². The van der Waals surface area contributed by atoms with Crippen LogP contribution in [-0.4, -0.2) is 98.6 Å². The Morgan fingerprint density at radius 1 is 0.768 bits per heavy atom. The van der Waals surface area contributed by atoms with Gasteiger partial charge in [0.2, 0.25) is 11.8 Å². The fraction of sp³-hybridized carbons (Fsp3) is 0.238. The molecule has 3 aliphatic rings. The lowest BCUT2D eigenvalue weighted by atomic mass is 9.99. The van der Waals surface area contributed by atoms with Crippen molar-refractivity contribution in [2.24, 2.45) is 0 Å². The maximum Gasteiger partial charge on any atom is 0.262 e. The molecule has 8 rings (SSSR count).